The summed E-state index contributed by atoms with van der Waals surface area (Å²) in [6.45, 7) is 10.4. The van der Waals surface area contributed by atoms with Crippen molar-refractivity contribution in [3.05, 3.63) is 38.0 Å². The second-order valence-electron chi connectivity index (χ2n) is 3.76. The van der Waals surface area contributed by atoms with E-state index in [0.29, 0.717) is 6.42 Å². The highest BCUT2D eigenvalue weighted by molar-refractivity contribution is 5.79. The number of aliphatic hydroxyl groups excluding tert-OH is 3. The summed E-state index contributed by atoms with van der Waals surface area (Å²) in [6.07, 6.45) is 2.15. The molecule has 24 heavy (non-hydrogen) atoms. The van der Waals surface area contributed by atoms with Gasteiger partial charge >= 0.3 is 17.9 Å². The first-order chi connectivity index (χ1) is 11.0. The quantitative estimate of drug-likeness (QED) is 0.352. The molecule has 0 aliphatic heterocycles. The fourth-order valence-corrected chi connectivity index (χ4v) is 0.555. The summed E-state index contributed by atoms with van der Waals surface area (Å²) in [6, 6.07) is 0. The van der Waals surface area contributed by atoms with Gasteiger partial charge in [0.05, 0.1) is 18.8 Å². The lowest BCUT2D eigenvalue weighted by atomic mass is 10.1. The monoisotopic (exact) mass is 350 g/mol. The fourth-order valence-electron chi connectivity index (χ4n) is 0.555. The van der Waals surface area contributed by atoms with Crippen LogP contribution in [0.25, 0.3) is 0 Å². The summed E-state index contributed by atoms with van der Waals surface area (Å²) in [5, 5.41) is 48.8. The summed E-state index contributed by atoms with van der Waals surface area (Å²) in [7, 11) is 0. The van der Waals surface area contributed by atoms with E-state index in [1.807, 2.05) is 6.92 Å². The van der Waals surface area contributed by atoms with Crippen LogP contribution in [0, 0.1) is 0 Å². The van der Waals surface area contributed by atoms with E-state index in [0.717, 1.165) is 18.2 Å². The number of aliphatic hydroxyl groups is 3. The lowest BCUT2D eigenvalue weighted by molar-refractivity contribution is -0.132. The zero-order valence-electron chi connectivity index (χ0n) is 13.5. The Hall–Kier alpha value is -2.49. The molecule has 0 aliphatic rings. The van der Waals surface area contributed by atoms with Gasteiger partial charge in [0.15, 0.2) is 0 Å². The van der Waals surface area contributed by atoms with E-state index in [1.54, 1.807) is 0 Å². The average Bonchev–Trinajstić information content (AvgIpc) is 2.55. The van der Waals surface area contributed by atoms with E-state index < -0.39 is 30.1 Å². The van der Waals surface area contributed by atoms with Crippen molar-refractivity contribution in [3.8, 4) is 0 Å². The Labute approximate surface area is 140 Å². The van der Waals surface area contributed by atoms with Crippen LogP contribution in [0.4, 0.5) is 0 Å². The van der Waals surface area contributed by atoms with Gasteiger partial charge in [-0.25, -0.2) is 14.4 Å². The van der Waals surface area contributed by atoms with Crippen molar-refractivity contribution in [2.24, 2.45) is 0 Å². The van der Waals surface area contributed by atoms with Crippen molar-refractivity contribution in [1.82, 2.24) is 0 Å². The molecule has 6 N–H and O–H groups in total. The number of hydrogen-bond donors (Lipinski definition) is 6. The molecule has 0 saturated carbocycles. The Morgan fingerprint density at radius 2 is 1.08 bits per heavy atom. The van der Waals surface area contributed by atoms with Crippen LogP contribution in [-0.4, -0.2) is 67.4 Å². The minimum Gasteiger partial charge on any atom is -0.478 e. The van der Waals surface area contributed by atoms with Crippen LogP contribution < -0.4 is 0 Å². The second kappa shape index (κ2) is 22.8. The largest absolute Gasteiger partial charge is 0.478 e. The van der Waals surface area contributed by atoms with Gasteiger partial charge in [0, 0.05) is 24.6 Å². The van der Waals surface area contributed by atoms with Crippen LogP contribution in [-0.2, 0) is 14.4 Å². The van der Waals surface area contributed by atoms with E-state index in [4.69, 9.17) is 30.6 Å². The van der Waals surface area contributed by atoms with Gasteiger partial charge in [-0.05, 0) is 6.42 Å². The van der Waals surface area contributed by atoms with Crippen molar-refractivity contribution < 1.29 is 45.0 Å². The predicted octanol–water partition coefficient (Wildman–Crippen LogP) is 0.272. The maximum atomic E-state index is 9.25. The third-order valence-electron chi connectivity index (χ3n) is 1.75. The maximum absolute atomic E-state index is 9.25. The Kier molecular flexibility index (Phi) is 28.0. The van der Waals surface area contributed by atoms with Gasteiger partial charge < -0.3 is 30.6 Å². The standard InChI is InChI=1S/C6H14O3.3C3H4O2/c1-2-5(8)3-6(9)4-7;3*1-2-3(4)5/h5-9H,2-4H2,1H3;3*2H,1H2,(H,4,5). The van der Waals surface area contributed by atoms with E-state index in [-0.39, 0.29) is 13.0 Å². The summed E-state index contributed by atoms with van der Waals surface area (Å²) in [5.41, 5.74) is 0. The summed E-state index contributed by atoms with van der Waals surface area (Å²) in [4.78, 5) is 27.8. The zero-order valence-corrected chi connectivity index (χ0v) is 13.5. The Bertz CT molecular complexity index is 326. The van der Waals surface area contributed by atoms with Crippen molar-refractivity contribution in [1.29, 1.82) is 0 Å². The van der Waals surface area contributed by atoms with Gasteiger partial charge in [-0.15, -0.1) is 0 Å². The van der Waals surface area contributed by atoms with Crippen molar-refractivity contribution in [2.45, 2.75) is 32.0 Å². The molecule has 0 heterocycles. The lowest BCUT2D eigenvalue weighted by Gasteiger charge is -2.10. The smallest absolute Gasteiger partial charge is 0.327 e. The summed E-state index contributed by atoms with van der Waals surface area (Å²) < 4.78 is 0. The molecule has 9 nitrogen and oxygen atoms in total. The van der Waals surface area contributed by atoms with Crippen LogP contribution in [0.1, 0.15) is 19.8 Å². The molecule has 9 heteroatoms. The van der Waals surface area contributed by atoms with E-state index in [2.05, 4.69) is 19.7 Å². The normalized spacial score (nSPS) is 10.5. The molecule has 0 amide bonds. The third-order valence-corrected chi connectivity index (χ3v) is 1.75. The molecular formula is C15H26O9. The van der Waals surface area contributed by atoms with Crippen LogP contribution in [0.5, 0.6) is 0 Å². The SMILES string of the molecule is C=CC(=O)O.C=CC(=O)O.C=CC(=O)O.CCC(O)CC(O)CO. The Morgan fingerprint density at radius 1 is 0.833 bits per heavy atom. The van der Waals surface area contributed by atoms with Crippen molar-refractivity contribution >= 4 is 17.9 Å². The van der Waals surface area contributed by atoms with E-state index >= 15 is 0 Å². The number of carboxylic acid groups (broad SMARTS) is 3. The first-order valence-corrected chi connectivity index (χ1v) is 6.55. The van der Waals surface area contributed by atoms with Crippen LogP contribution in [0.15, 0.2) is 38.0 Å². The number of carboxylic acids is 3. The molecule has 0 saturated heterocycles. The van der Waals surface area contributed by atoms with Gasteiger partial charge in [-0.2, -0.15) is 0 Å². The fraction of sp³-hybridized carbons (Fsp3) is 0.400. The van der Waals surface area contributed by atoms with Crippen LogP contribution in [0.3, 0.4) is 0 Å². The van der Waals surface area contributed by atoms with Gasteiger partial charge in [-0.3, -0.25) is 0 Å². The average molecular weight is 350 g/mol. The molecule has 0 aliphatic carbocycles. The lowest BCUT2D eigenvalue weighted by Crippen LogP contribution is -2.19. The topological polar surface area (TPSA) is 173 Å². The number of hydrogen-bond acceptors (Lipinski definition) is 6. The molecule has 2 atom stereocenters. The van der Waals surface area contributed by atoms with Crippen molar-refractivity contribution in [3.63, 3.8) is 0 Å². The maximum Gasteiger partial charge on any atom is 0.327 e. The van der Waals surface area contributed by atoms with E-state index in [9.17, 15) is 14.4 Å². The molecule has 0 bridgehead atoms. The summed E-state index contributed by atoms with van der Waals surface area (Å²) in [5.74, 6) is -2.94. The molecule has 0 radical (unpaired) electrons. The highest BCUT2D eigenvalue weighted by Crippen LogP contribution is 2.00. The highest BCUT2D eigenvalue weighted by atomic mass is 16.4. The Balaban J connectivity index is -0.000000116. The molecule has 140 valence electrons. The van der Waals surface area contributed by atoms with Gasteiger partial charge in [-0.1, -0.05) is 26.7 Å². The Morgan fingerprint density at radius 3 is 1.21 bits per heavy atom. The number of rotatable bonds is 7. The number of carbonyl (C=O) groups is 3. The minimum atomic E-state index is -0.981. The first-order valence-electron chi connectivity index (χ1n) is 6.55. The highest BCUT2D eigenvalue weighted by Gasteiger charge is 2.07. The summed E-state index contributed by atoms with van der Waals surface area (Å²) >= 11 is 0. The molecular weight excluding hydrogens is 324 g/mol. The van der Waals surface area contributed by atoms with Gasteiger partial charge in [0.25, 0.3) is 0 Å². The molecule has 0 aromatic heterocycles. The van der Waals surface area contributed by atoms with E-state index in [1.165, 1.54) is 0 Å². The van der Waals surface area contributed by atoms with Crippen molar-refractivity contribution in [2.75, 3.05) is 6.61 Å². The molecule has 0 spiro atoms. The minimum absolute atomic E-state index is 0.267. The third kappa shape index (κ3) is 50.5. The molecule has 2 unspecified atom stereocenters. The second-order valence-corrected chi connectivity index (χ2v) is 3.76. The van der Waals surface area contributed by atoms with Gasteiger partial charge in [0.2, 0.25) is 0 Å². The molecule has 0 fully saturated rings. The molecule has 0 rings (SSSR count). The molecule has 0 aromatic carbocycles. The first kappa shape index (κ1) is 29.5. The van der Waals surface area contributed by atoms with Crippen LogP contribution in [0.2, 0.25) is 0 Å². The zero-order chi connectivity index (χ0) is 20.1. The van der Waals surface area contributed by atoms with Gasteiger partial charge in [0.1, 0.15) is 0 Å². The number of aliphatic carboxylic acids is 3. The predicted molar refractivity (Wildman–Crippen MR) is 87.5 cm³/mol. The molecule has 0 aromatic rings. The van der Waals surface area contributed by atoms with Crippen LogP contribution >= 0.6 is 0 Å².